The van der Waals surface area contributed by atoms with Crippen molar-refractivity contribution in [2.45, 2.75) is 44.6 Å². The van der Waals surface area contributed by atoms with E-state index in [1.807, 2.05) is 4.90 Å². The van der Waals surface area contributed by atoms with Crippen LogP contribution in [0, 0.1) is 18.7 Å². The molecule has 1 aliphatic carbocycles. The van der Waals surface area contributed by atoms with E-state index >= 15 is 0 Å². The number of alkyl halides is 3. The summed E-state index contributed by atoms with van der Waals surface area (Å²) >= 11 is 0. The maximum Gasteiger partial charge on any atom is 0.416 e. The van der Waals surface area contributed by atoms with Gasteiger partial charge in [0.1, 0.15) is 30.2 Å². The van der Waals surface area contributed by atoms with Gasteiger partial charge in [-0.1, -0.05) is 0 Å². The van der Waals surface area contributed by atoms with Crippen LogP contribution in [0.3, 0.4) is 0 Å². The van der Waals surface area contributed by atoms with Crippen molar-refractivity contribution in [3.8, 4) is 5.75 Å². The van der Waals surface area contributed by atoms with Crippen LogP contribution in [-0.2, 0) is 23.9 Å². The van der Waals surface area contributed by atoms with Gasteiger partial charge in [0, 0.05) is 32.9 Å². The Morgan fingerprint density at radius 1 is 1.15 bits per heavy atom. The lowest BCUT2D eigenvalue weighted by Crippen LogP contribution is -2.72. The first-order valence-corrected chi connectivity index (χ1v) is 15.1. The molecule has 250 valence electrons. The normalized spacial score (nSPS) is 19.8. The lowest BCUT2D eigenvalue weighted by atomic mass is 9.67. The molecule has 2 fully saturated rings. The van der Waals surface area contributed by atoms with Crippen LogP contribution in [0.5, 0.6) is 5.75 Å². The van der Waals surface area contributed by atoms with Gasteiger partial charge in [0.05, 0.1) is 35.2 Å². The minimum absolute atomic E-state index is 0.00248. The molecule has 3 aliphatic rings. The number of hydrogen-bond acceptors (Lipinski definition) is 10. The second-order valence-electron chi connectivity index (χ2n) is 12.4. The average molecular weight is 668 g/mol. The minimum atomic E-state index is -4.75. The smallest absolute Gasteiger partial charge is 0.416 e. The van der Waals surface area contributed by atoms with Gasteiger partial charge < -0.3 is 29.7 Å². The summed E-state index contributed by atoms with van der Waals surface area (Å²) in [7, 11) is 3.46. The van der Waals surface area contributed by atoms with Gasteiger partial charge >= 0.3 is 6.18 Å². The molecule has 1 saturated carbocycles. The van der Waals surface area contributed by atoms with Crippen molar-refractivity contribution in [1.29, 1.82) is 0 Å². The van der Waals surface area contributed by atoms with E-state index < -0.39 is 47.0 Å². The van der Waals surface area contributed by atoms with Crippen LogP contribution in [0.1, 0.15) is 33.9 Å². The summed E-state index contributed by atoms with van der Waals surface area (Å²) in [4.78, 5) is 63.3. The summed E-state index contributed by atoms with van der Waals surface area (Å²) in [6, 6.07) is 1.34. The lowest BCUT2D eigenvalue weighted by molar-refractivity contribution is -0.137. The van der Waals surface area contributed by atoms with Crippen LogP contribution < -0.4 is 20.5 Å². The number of benzene rings is 1. The zero-order valence-corrected chi connectivity index (χ0v) is 25.9. The first-order valence-electron chi connectivity index (χ1n) is 15.1. The van der Waals surface area contributed by atoms with Gasteiger partial charge in [0.15, 0.2) is 22.6 Å². The SMILES string of the molecule is Cc1ncnc(C(=O)N2CCN3c4c(n(CC(=O)Nc5ccc(C(F)(F)F)cc5F)c5ncc(N(C)C)nc5c4=O)CC4C[C@H]2[C@H]43)c1O. The molecule has 1 saturated heterocycles. The highest BCUT2D eigenvalue weighted by molar-refractivity contribution is 5.96. The molecule has 3 aromatic heterocycles. The molecular formula is C31H29F4N9O4. The number of aryl methyl sites for hydroxylation is 1. The fourth-order valence-electron chi connectivity index (χ4n) is 6.97. The summed E-state index contributed by atoms with van der Waals surface area (Å²) in [5, 5.41) is 12.8. The third kappa shape index (κ3) is 4.95. The number of halogens is 4. The van der Waals surface area contributed by atoms with Crippen molar-refractivity contribution in [2.75, 3.05) is 42.3 Å². The van der Waals surface area contributed by atoms with E-state index in [1.54, 1.807) is 35.4 Å². The Labute approximate surface area is 269 Å². The second-order valence-corrected chi connectivity index (χ2v) is 12.4. The molecular weight excluding hydrogens is 638 g/mol. The first-order chi connectivity index (χ1) is 22.7. The van der Waals surface area contributed by atoms with Gasteiger partial charge in [0.25, 0.3) is 5.91 Å². The molecule has 0 spiro atoms. The number of anilines is 3. The molecule has 0 radical (unpaired) electrons. The van der Waals surface area contributed by atoms with Crippen LogP contribution in [0.25, 0.3) is 11.2 Å². The Kier molecular flexibility index (Phi) is 7.25. The van der Waals surface area contributed by atoms with Gasteiger partial charge in [-0.05, 0) is 43.9 Å². The number of fused-ring (bicyclic) bond motifs is 3. The van der Waals surface area contributed by atoms with Crippen molar-refractivity contribution in [1.82, 2.24) is 29.4 Å². The zero-order valence-electron chi connectivity index (χ0n) is 25.9. The molecule has 0 bridgehead atoms. The number of nitrogens with zero attached hydrogens (tertiary/aromatic N) is 8. The summed E-state index contributed by atoms with van der Waals surface area (Å²) in [5.41, 5.74) is -0.856. The Bertz CT molecular complexity index is 2070. The third-order valence-corrected chi connectivity index (χ3v) is 9.33. The van der Waals surface area contributed by atoms with Gasteiger partial charge in [-0.3, -0.25) is 14.4 Å². The quantitative estimate of drug-likeness (QED) is 0.304. The molecule has 17 heteroatoms. The molecule has 2 amide bonds. The Morgan fingerprint density at radius 2 is 1.92 bits per heavy atom. The molecule has 2 N–H and O–H groups in total. The monoisotopic (exact) mass is 667 g/mol. The molecule has 4 aromatic rings. The lowest BCUT2D eigenvalue weighted by Gasteiger charge is -2.61. The molecule has 1 unspecified atom stereocenters. The maximum atomic E-state index is 14.6. The number of rotatable bonds is 5. The molecule has 5 heterocycles. The van der Waals surface area contributed by atoms with E-state index in [1.165, 1.54) is 12.5 Å². The van der Waals surface area contributed by atoms with Crippen molar-refractivity contribution >= 4 is 40.2 Å². The van der Waals surface area contributed by atoms with E-state index in [0.717, 1.165) is 6.07 Å². The zero-order chi connectivity index (χ0) is 34.2. The average Bonchev–Trinajstić information content (AvgIpc) is 3.02. The van der Waals surface area contributed by atoms with E-state index in [-0.39, 0.29) is 59.4 Å². The van der Waals surface area contributed by atoms with Crippen molar-refractivity contribution in [2.24, 2.45) is 5.92 Å². The standard InChI is InChI=1S/C31H29F4N9O4/c1-14-27(46)24(38-13-37-14)30(48)42-6-7-43-25-15(8-19(25)42)9-20-26(43)28(47)23-29(36-11-21(40-23)41(2)3)44(20)12-22(45)39-18-5-4-16(10-17(18)32)31(33,34)35/h4-5,10-11,13,15,19,25,46H,6-9,12H2,1-3H3,(H,39,45)/t15?,19-,25-/m0/s1. The number of nitrogens with one attached hydrogen (secondary N) is 1. The van der Waals surface area contributed by atoms with E-state index in [2.05, 4.69) is 25.3 Å². The molecule has 1 aromatic carbocycles. The molecule has 2 aliphatic heterocycles. The van der Waals surface area contributed by atoms with E-state index in [9.17, 15) is 37.1 Å². The minimum Gasteiger partial charge on any atom is -0.504 e. The fourth-order valence-corrected chi connectivity index (χ4v) is 6.97. The largest absolute Gasteiger partial charge is 0.504 e. The highest BCUT2D eigenvalue weighted by Gasteiger charge is 2.55. The van der Waals surface area contributed by atoms with E-state index in [4.69, 9.17) is 0 Å². The van der Waals surface area contributed by atoms with Crippen molar-refractivity contribution in [3.05, 3.63) is 69.4 Å². The highest BCUT2D eigenvalue weighted by atomic mass is 19.4. The third-order valence-electron chi connectivity index (χ3n) is 9.33. The van der Waals surface area contributed by atoms with Crippen molar-refractivity contribution < 1.29 is 32.3 Å². The van der Waals surface area contributed by atoms with Crippen LogP contribution in [-0.4, -0.2) is 85.6 Å². The predicted octanol–water partition coefficient (Wildman–Crippen LogP) is 2.73. The Hall–Kier alpha value is -5.35. The summed E-state index contributed by atoms with van der Waals surface area (Å²) < 4.78 is 55.3. The number of aromatic nitrogens is 5. The number of aromatic hydroxyl groups is 1. The Morgan fingerprint density at radius 3 is 2.62 bits per heavy atom. The summed E-state index contributed by atoms with van der Waals surface area (Å²) in [6.45, 7) is 1.64. The van der Waals surface area contributed by atoms with Gasteiger partial charge in [0.2, 0.25) is 11.3 Å². The van der Waals surface area contributed by atoms with Gasteiger partial charge in [-0.25, -0.2) is 24.3 Å². The first kappa shape index (κ1) is 31.3. The number of pyridine rings is 1. The molecule has 48 heavy (non-hydrogen) atoms. The fraction of sp³-hybridized carbons (Fsp3) is 0.387. The number of hydrogen-bond donors (Lipinski definition) is 2. The predicted molar refractivity (Wildman–Crippen MR) is 164 cm³/mol. The molecule has 7 rings (SSSR count). The van der Waals surface area contributed by atoms with Crippen LogP contribution in [0.2, 0.25) is 0 Å². The number of piperazine rings is 1. The summed E-state index contributed by atoms with van der Waals surface area (Å²) in [5.74, 6) is -2.32. The van der Waals surface area contributed by atoms with Crippen molar-refractivity contribution in [3.63, 3.8) is 0 Å². The van der Waals surface area contributed by atoms with Gasteiger partial charge in [-0.2, -0.15) is 13.2 Å². The second kappa shape index (κ2) is 11.1. The van der Waals surface area contributed by atoms with Crippen LogP contribution >= 0.6 is 0 Å². The topological polar surface area (TPSA) is 150 Å². The molecule has 13 nitrogen and oxygen atoms in total. The number of carbonyl (C=O) groups is 2. The maximum absolute atomic E-state index is 14.6. The number of carbonyl (C=O) groups excluding carboxylic acids is 2. The highest BCUT2D eigenvalue weighted by Crippen LogP contribution is 2.48. The summed E-state index contributed by atoms with van der Waals surface area (Å²) in [6.07, 6.45) is -1.14. The number of amides is 2. The Balaban J connectivity index is 1.25. The molecule has 3 atom stereocenters. The van der Waals surface area contributed by atoms with Gasteiger partial charge in [-0.15, -0.1) is 0 Å². The van der Waals surface area contributed by atoms with E-state index in [0.29, 0.717) is 42.2 Å². The van der Waals surface area contributed by atoms with Crippen LogP contribution in [0.15, 0.2) is 35.5 Å². The van der Waals surface area contributed by atoms with Crippen LogP contribution in [0.4, 0.5) is 34.8 Å².